The van der Waals surface area contributed by atoms with E-state index in [1.54, 1.807) is 0 Å². The molecule has 0 aromatic carbocycles. The number of nitrogens with zero attached hydrogens (tertiary/aromatic N) is 2. The number of primary amides is 1. The molecule has 9 heteroatoms. The Bertz CT molecular complexity index is 589. The van der Waals surface area contributed by atoms with Gasteiger partial charge in [-0.05, 0) is 25.7 Å². The molecule has 2 rings (SSSR count). The average Bonchev–Trinajstić information content (AvgIpc) is 2.40. The third-order valence-corrected chi connectivity index (χ3v) is 4.00. The van der Waals surface area contributed by atoms with Crippen molar-refractivity contribution in [2.24, 2.45) is 5.73 Å². The fourth-order valence-electron chi connectivity index (χ4n) is 2.34. The summed E-state index contributed by atoms with van der Waals surface area (Å²) in [5.41, 5.74) is 5.29. The number of hydrogen-bond acceptors (Lipinski definition) is 7. The predicted octanol–water partition coefficient (Wildman–Crippen LogP) is -0.598. The molecular weight excluding hydrogens is 296 g/mol. The van der Waals surface area contributed by atoms with E-state index < -0.39 is 16.6 Å². The Kier molecular flexibility index (Phi) is 5.07. The lowest BCUT2D eigenvalue weighted by Gasteiger charge is -2.26. The zero-order valence-electron chi connectivity index (χ0n) is 11.4. The minimum Gasteiger partial charge on any atom is -0.393 e. The molecule has 0 atom stereocenters. The van der Waals surface area contributed by atoms with Crippen molar-refractivity contribution in [1.29, 1.82) is 0 Å². The summed E-state index contributed by atoms with van der Waals surface area (Å²) < 4.78 is 21.7. The second kappa shape index (κ2) is 6.81. The molecule has 0 saturated heterocycles. The number of aliphatic hydroxyl groups is 1. The second-order valence-corrected chi connectivity index (χ2v) is 6.04. The summed E-state index contributed by atoms with van der Waals surface area (Å²) in [5.74, 6) is -0.837. The van der Waals surface area contributed by atoms with E-state index >= 15 is 0 Å². The number of rotatable bonds is 5. The number of hydrogen-bond donors (Lipinski definition) is 4. The van der Waals surface area contributed by atoms with Crippen molar-refractivity contribution in [3.63, 3.8) is 0 Å². The lowest BCUT2D eigenvalue weighted by atomic mass is 9.93. The highest BCUT2D eigenvalue weighted by atomic mass is 32.2. The average molecular weight is 314 g/mol. The van der Waals surface area contributed by atoms with Crippen LogP contribution < -0.4 is 11.1 Å². The second-order valence-electron chi connectivity index (χ2n) is 5.06. The monoisotopic (exact) mass is 314 g/mol. The third kappa shape index (κ3) is 4.36. The normalized spacial score (nSPS) is 22.2. The summed E-state index contributed by atoms with van der Waals surface area (Å²) in [6.07, 6.45) is 3.96. The number of nitrogens with two attached hydrogens (primary N) is 1. The molecule has 1 amide bonds. The van der Waals surface area contributed by atoms with Crippen molar-refractivity contribution in [3.8, 4) is 0 Å². The first-order valence-corrected chi connectivity index (χ1v) is 8.04. The van der Waals surface area contributed by atoms with Gasteiger partial charge < -0.3 is 16.2 Å². The zero-order chi connectivity index (χ0) is 15.4. The molecule has 1 saturated carbocycles. The van der Waals surface area contributed by atoms with E-state index in [-0.39, 0.29) is 35.1 Å². The summed E-state index contributed by atoms with van der Waals surface area (Å²) >= 11 is 0. The largest absolute Gasteiger partial charge is 0.393 e. The summed E-state index contributed by atoms with van der Waals surface area (Å²) in [6.45, 7) is 0. The van der Waals surface area contributed by atoms with Gasteiger partial charge in [-0.3, -0.25) is 4.79 Å². The van der Waals surface area contributed by atoms with E-state index in [0.29, 0.717) is 12.8 Å². The van der Waals surface area contributed by atoms with E-state index in [1.807, 2.05) is 0 Å². The van der Waals surface area contributed by atoms with Crippen molar-refractivity contribution in [2.45, 2.75) is 43.6 Å². The van der Waals surface area contributed by atoms with Gasteiger partial charge in [-0.15, -0.1) is 0 Å². The van der Waals surface area contributed by atoms with Gasteiger partial charge in [0.2, 0.25) is 5.95 Å². The summed E-state index contributed by atoms with van der Waals surface area (Å²) in [4.78, 5) is 19.3. The fourth-order valence-corrected chi connectivity index (χ4v) is 2.82. The minimum absolute atomic E-state index is 0.0128. The summed E-state index contributed by atoms with van der Waals surface area (Å²) in [6, 6.07) is 0.127. The number of nitrogens with one attached hydrogen (secondary N) is 1. The molecule has 1 aliphatic carbocycles. The Morgan fingerprint density at radius 3 is 2.62 bits per heavy atom. The Balaban J connectivity index is 2.15. The van der Waals surface area contributed by atoms with Crippen LogP contribution >= 0.6 is 0 Å². The van der Waals surface area contributed by atoms with Crippen molar-refractivity contribution >= 4 is 22.6 Å². The molecule has 0 radical (unpaired) electrons. The van der Waals surface area contributed by atoms with Crippen molar-refractivity contribution in [1.82, 2.24) is 9.97 Å². The number of aliphatic hydroxyl groups excluding tert-OH is 1. The molecule has 0 spiro atoms. The maximum absolute atomic E-state index is 11.2. The van der Waals surface area contributed by atoms with Crippen LogP contribution in [0.3, 0.4) is 0 Å². The van der Waals surface area contributed by atoms with Crippen molar-refractivity contribution in [3.05, 3.63) is 17.5 Å². The Morgan fingerprint density at radius 1 is 1.38 bits per heavy atom. The highest BCUT2D eigenvalue weighted by Gasteiger charge is 2.20. The number of aromatic nitrogens is 2. The van der Waals surface area contributed by atoms with Crippen LogP contribution in [0.4, 0.5) is 5.95 Å². The predicted molar refractivity (Wildman–Crippen MR) is 76.5 cm³/mol. The van der Waals surface area contributed by atoms with Gasteiger partial charge >= 0.3 is 0 Å². The first kappa shape index (κ1) is 15.6. The van der Waals surface area contributed by atoms with E-state index in [9.17, 15) is 18.3 Å². The molecule has 21 heavy (non-hydrogen) atoms. The SMILES string of the molecule is NC(=O)c1cnc(N[C@H]2CC[C@H](O)CC2)nc1C[SH](=O)=O. The van der Waals surface area contributed by atoms with E-state index in [0.717, 1.165) is 12.8 Å². The minimum atomic E-state index is -2.71. The van der Waals surface area contributed by atoms with Crippen LogP contribution in [0.15, 0.2) is 6.20 Å². The maximum Gasteiger partial charge on any atom is 0.252 e. The van der Waals surface area contributed by atoms with Crippen LogP contribution in [-0.2, 0) is 16.5 Å². The highest BCUT2D eigenvalue weighted by Crippen LogP contribution is 2.21. The van der Waals surface area contributed by atoms with E-state index in [2.05, 4.69) is 15.3 Å². The number of thiol groups is 1. The quantitative estimate of drug-likeness (QED) is 0.533. The highest BCUT2D eigenvalue weighted by molar-refractivity contribution is 7.71. The molecular formula is C12H18N4O4S. The van der Waals surface area contributed by atoms with Crippen molar-refractivity contribution < 1.29 is 18.3 Å². The van der Waals surface area contributed by atoms with Gasteiger partial charge in [0.05, 0.1) is 23.1 Å². The van der Waals surface area contributed by atoms with Gasteiger partial charge in [0.25, 0.3) is 5.91 Å². The third-order valence-electron chi connectivity index (χ3n) is 3.44. The van der Waals surface area contributed by atoms with E-state index in [1.165, 1.54) is 6.20 Å². The number of carbonyl (C=O) groups excluding carboxylic acids is 1. The number of amides is 1. The standard InChI is InChI=1S/C12H18N4O4S/c13-11(18)9-5-14-12(16-10(9)6-21(19)20)15-7-1-3-8(17)4-2-7/h5,7-8,17,21H,1-4,6H2,(H2,13,18)(H,14,15,16)/t7-,8-. The molecule has 1 fully saturated rings. The molecule has 4 N–H and O–H groups in total. The molecule has 8 nitrogen and oxygen atoms in total. The lowest BCUT2D eigenvalue weighted by molar-refractivity contribution is 0.0998. The molecule has 1 aromatic heterocycles. The zero-order valence-corrected chi connectivity index (χ0v) is 12.3. The number of carbonyl (C=O) groups is 1. The molecule has 1 heterocycles. The van der Waals surface area contributed by atoms with Gasteiger partial charge in [0.15, 0.2) is 0 Å². The Labute approximate surface area is 123 Å². The van der Waals surface area contributed by atoms with Crippen LogP contribution in [0.5, 0.6) is 0 Å². The maximum atomic E-state index is 11.2. The van der Waals surface area contributed by atoms with E-state index in [4.69, 9.17) is 5.73 Å². The Hall–Kier alpha value is -1.74. The number of anilines is 1. The summed E-state index contributed by atoms with van der Waals surface area (Å²) in [5, 5.41) is 12.6. The molecule has 1 aromatic rings. The first-order valence-electron chi connectivity index (χ1n) is 6.68. The first-order chi connectivity index (χ1) is 9.95. The van der Waals surface area contributed by atoms with Gasteiger partial charge in [-0.1, -0.05) is 0 Å². The molecule has 0 aliphatic heterocycles. The lowest BCUT2D eigenvalue weighted by Crippen LogP contribution is -2.29. The van der Waals surface area contributed by atoms with Gasteiger partial charge in [-0.25, -0.2) is 18.4 Å². The molecule has 0 bridgehead atoms. The smallest absolute Gasteiger partial charge is 0.252 e. The van der Waals surface area contributed by atoms with Gasteiger partial charge in [0, 0.05) is 12.2 Å². The van der Waals surface area contributed by atoms with Crippen molar-refractivity contribution in [2.75, 3.05) is 5.32 Å². The van der Waals surface area contributed by atoms with Crippen LogP contribution in [0, 0.1) is 0 Å². The van der Waals surface area contributed by atoms with Gasteiger partial charge in [0.1, 0.15) is 10.7 Å². The Morgan fingerprint density at radius 2 is 2.05 bits per heavy atom. The topological polar surface area (TPSA) is 135 Å². The van der Waals surface area contributed by atoms with Crippen LogP contribution in [-0.4, -0.2) is 41.5 Å². The van der Waals surface area contributed by atoms with Crippen LogP contribution in [0.25, 0.3) is 0 Å². The molecule has 116 valence electrons. The van der Waals surface area contributed by atoms with Crippen LogP contribution in [0.2, 0.25) is 0 Å². The van der Waals surface area contributed by atoms with Gasteiger partial charge in [-0.2, -0.15) is 0 Å². The van der Waals surface area contributed by atoms with Crippen LogP contribution in [0.1, 0.15) is 41.7 Å². The molecule has 0 unspecified atom stereocenters. The fraction of sp³-hybridized carbons (Fsp3) is 0.583. The molecule has 1 aliphatic rings. The summed E-state index contributed by atoms with van der Waals surface area (Å²) in [7, 11) is -2.71.